The Bertz CT molecular complexity index is 249. The van der Waals surface area contributed by atoms with E-state index in [0.29, 0.717) is 0 Å². The molecular weight excluding hydrogens is 259 g/mol. The van der Waals surface area contributed by atoms with Crippen molar-refractivity contribution in [3.63, 3.8) is 0 Å². The molecule has 1 heteroatoms. The molecular formula is C11H14I+. The zero-order chi connectivity index (χ0) is 8.81. The van der Waals surface area contributed by atoms with Crippen LogP contribution in [-0.2, 0) is 0 Å². The minimum Gasteiger partial charge on any atom is -0.0619 e. The van der Waals surface area contributed by atoms with Gasteiger partial charge in [-0.15, -0.1) is 0 Å². The van der Waals surface area contributed by atoms with Crippen molar-refractivity contribution in [2.24, 2.45) is 0 Å². The molecule has 0 aliphatic heterocycles. The summed E-state index contributed by atoms with van der Waals surface area (Å²) in [6, 6.07) is 10.7. The second kappa shape index (κ2) is 5.36. The monoisotopic (exact) mass is 273 g/mol. The van der Waals surface area contributed by atoms with Crippen molar-refractivity contribution < 1.29 is 21.2 Å². The molecule has 0 heterocycles. The van der Waals surface area contributed by atoms with Gasteiger partial charge in [0.05, 0.1) is 0 Å². The lowest BCUT2D eigenvalue weighted by atomic mass is 10.3. The summed E-state index contributed by atoms with van der Waals surface area (Å²) >= 11 is 0.118. The Morgan fingerprint density at radius 2 is 2.00 bits per heavy atom. The maximum atomic E-state index is 2.41. The molecule has 0 saturated carbocycles. The third kappa shape index (κ3) is 3.39. The second-order valence-corrected chi connectivity index (χ2v) is 5.20. The first-order valence-corrected chi connectivity index (χ1v) is 6.49. The van der Waals surface area contributed by atoms with Crippen molar-refractivity contribution in [2.75, 3.05) is 0 Å². The van der Waals surface area contributed by atoms with Crippen LogP contribution in [0, 0.1) is 3.57 Å². The summed E-state index contributed by atoms with van der Waals surface area (Å²) in [5.41, 5.74) is 1.52. The molecule has 0 spiro atoms. The van der Waals surface area contributed by atoms with Gasteiger partial charge in [-0.05, 0) is 31.1 Å². The highest BCUT2D eigenvalue weighted by Gasteiger charge is 2.06. The first-order valence-electron chi connectivity index (χ1n) is 4.17. The number of hydrogen-bond acceptors (Lipinski definition) is 0. The van der Waals surface area contributed by atoms with E-state index in [4.69, 9.17) is 0 Å². The largest absolute Gasteiger partial charge is 0.349 e. The Labute approximate surface area is 85.0 Å². The molecule has 0 aliphatic rings. The normalized spacial score (nSPS) is 11.7. The van der Waals surface area contributed by atoms with Crippen molar-refractivity contribution in [2.45, 2.75) is 20.3 Å². The molecule has 0 aromatic heterocycles. The molecule has 0 aliphatic carbocycles. The number of rotatable bonds is 3. The SMILES string of the molecule is CC/C(C)=C\[I+]c1ccccc1. The van der Waals surface area contributed by atoms with E-state index in [1.165, 1.54) is 15.6 Å². The van der Waals surface area contributed by atoms with Gasteiger partial charge in [0.25, 0.3) is 0 Å². The fourth-order valence-corrected chi connectivity index (χ4v) is 2.88. The van der Waals surface area contributed by atoms with Gasteiger partial charge >= 0.3 is 21.2 Å². The van der Waals surface area contributed by atoms with Gasteiger partial charge in [0.2, 0.25) is 0 Å². The smallest absolute Gasteiger partial charge is 0.0619 e. The summed E-state index contributed by atoms with van der Waals surface area (Å²) in [5.74, 6) is 0. The number of hydrogen-bond donors (Lipinski definition) is 0. The molecule has 0 nitrogen and oxygen atoms in total. The summed E-state index contributed by atoms with van der Waals surface area (Å²) in [7, 11) is 0. The molecule has 0 amide bonds. The molecule has 0 saturated heterocycles. The lowest BCUT2D eigenvalue weighted by Crippen LogP contribution is -3.59. The molecule has 0 unspecified atom stereocenters. The van der Waals surface area contributed by atoms with E-state index < -0.39 is 0 Å². The topological polar surface area (TPSA) is 0 Å². The van der Waals surface area contributed by atoms with Crippen LogP contribution in [0.2, 0.25) is 0 Å². The summed E-state index contributed by atoms with van der Waals surface area (Å²) in [6.45, 7) is 4.42. The average molecular weight is 273 g/mol. The molecule has 1 aromatic rings. The van der Waals surface area contributed by atoms with E-state index in [0.717, 1.165) is 0 Å². The molecule has 1 aromatic carbocycles. The summed E-state index contributed by atoms with van der Waals surface area (Å²) in [6.07, 6.45) is 1.19. The third-order valence-corrected chi connectivity index (χ3v) is 4.47. The Balaban J connectivity index is 2.54. The van der Waals surface area contributed by atoms with Crippen LogP contribution in [0.1, 0.15) is 20.3 Å². The van der Waals surface area contributed by atoms with Gasteiger partial charge in [-0.3, -0.25) is 0 Å². The van der Waals surface area contributed by atoms with Crippen LogP contribution in [-0.4, -0.2) is 0 Å². The first kappa shape index (κ1) is 9.78. The van der Waals surface area contributed by atoms with Crippen molar-refractivity contribution in [3.8, 4) is 0 Å². The average Bonchev–Trinajstić information content (AvgIpc) is 2.16. The van der Waals surface area contributed by atoms with Crippen LogP contribution < -0.4 is 21.2 Å². The van der Waals surface area contributed by atoms with Gasteiger partial charge < -0.3 is 0 Å². The molecule has 0 N–H and O–H groups in total. The Morgan fingerprint density at radius 3 is 2.58 bits per heavy atom. The standard InChI is InChI=1S/C11H14I/c1-3-10(2)9-12-11-7-5-4-6-8-11/h4-9H,3H2,1-2H3/q+1/b10-9-. The Hall–Kier alpha value is -0.310. The van der Waals surface area contributed by atoms with E-state index in [2.05, 4.69) is 48.3 Å². The first-order chi connectivity index (χ1) is 5.83. The molecule has 0 bridgehead atoms. The van der Waals surface area contributed by atoms with Gasteiger partial charge in [0, 0.05) is 0 Å². The maximum Gasteiger partial charge on any atom is 0.349 e. The van der Waals surface area contributed by atoms with Gasteiger partial charge in [0.1, 0.15) is 0 Å². The highest BCUT2D eigenvalue weighted by atomic mass is 127. The highest BCUT2D eigenvalue weighted by molar-refractivity contribution is 5.00. The van der Waals surface area contributed by atoms with E-state index in [1.807, 2.05) is 0 Å². The molecule has 0 atom stereocenters. The van der Waals surface area contributed by atoms with Crippen molar-refractivity contribution in [3.05, 3.63) is 43.6 Å². The minimum atomic E-state index is 0.118. The van der Waals surface area contributed by atoms with Crippen molar-refractivity contribution in [1.29, 1.82) is 0 Å². The predicted octanol–water partition coefficient (Wildman–Crippen LogP) is 0.259. The number of benzene rings is 1. The van der Waals surface area contributed by atoms with Crippen LogP contribution in [0.3, 0.4) is 0 Å². The molecule has 0 fully saturated rings. The maximum absolute atomic E-state index is 2.41. The van der Waals surface area contributed by atoms with E-state index in [9.17, 15) is 0 Å². The van der Waals surface area contributed by atoms with Gasteiger partial charge in [0.15, 0.2) is 7.65 Å². The van der Waals surface area contributed by atoms with E-state index in [1.54, 1.807) is 0 Å². The van der Waals surface area contributed by atoms with Crippen molar-refractivity contribution >= 4 is 0 Å². The number of allylic oxidation sites excluding steroid dienone is 1. The summed E-state index contributed by atoms with van der Waals surface area (Å²) in [5, 5.41) is 0. The molecule has 64 valence electrons. The third-order valence-electron chi connectivity index (χ3n) is 1.66. The predicted molar refractivity (Wildman–Crippen MR) is 49.2 cm³/mol. The highest BCUT2D eigenvalue weighted by Crippen LogP contribution is 1.91. The quantitative estimate of drug-likeness (QED) is 0.693. The van der Waals surface area contributed by atoms with Crippen LogP contribution in [0.25, 0.3) is 0 Å². The van der Waals surface area contributed by atoms with Crippen LogP contribution >= 0.6 is 0 Å². The lowest BCUT2D eigenvalue weighted by Gasteiger charge is -1.84. The Kier molecular flexibility index (Phi) is 4.36. The lowest BCUT2D eigenvalue weighted by molar-refractivity contribution is -0.557. The van der Waals surface area contributed by atoms with E-state index >= 15 is 0 Å². The van der Waals surface area contributed by atoms with Crippen LogP contribution in [0.4, 0.5) is 0 Å². The van der Waals surface area contributed by atoms with Gasteiger partial charge in [-0.25, -0.2) is 0 Å². The second-order valence-electron chi connectivity index (χ2n) is 2.71. The van der Waals surface area contributed by atoms with E-state index in [-0.39, 0.29) is 21.2 Å². The van der Waals surface area contributed by atoms with Gasteiger partial charge in [-0.2, -0.15) is 0 Å². The molecule has 12 heavy (non-hydrogen) atoms. The Morgan fingerprint density at radius 1 is 1.33 bits per heavy atom. The fraction of sp³-hybridized carbons (Fsp3) is 0.273. The van der Waals surface area contributed by atoms with Crippen molar-refractivity contribution in [1.82, 2.24) is 0 Å². The fourth-order valence-electron chi connectivity index (χ4n) is 0.721. The van der Waals surface area contributed by atoms with Crippen LogP contribution in [0.5, 0.6) is 0 Å². The molecule has 1 rings (SSSR count). The number of halogens is 1. The summed E-state index contributed by atoms with van der Waals surface area (Å²) in [4.78, 5) is 0. The van der Waals surface area contributed by atoms with Crippen LogP contribution in [0.15, 0.2) is 40.0 Å². The molecule has 0 radical (unpaired) electrons. The zero-order valence-corrected chi connectivity index (χ0v) is 9.71. The minimum absolute atomic E-state index is 0.118. The van der Waals surface area contributed by atoms with Gasteiger partial charge in [-0.1, -0.05) is 25.1 Å². The zero-order valence-electron chi connectivity index (χ0n) is 7.55. The summed E-state index contributed by atoms with van der Waals surface area (Å²) < 4.78 is 3.91.